The van der Waals surface area contributed by atoms with E-state index in [4.69, 9.17) is 10.5 Å². The Labute approximate surface area is 115 Å². The van der Waals surface area contributed by atoms with E-state index in [0.29, 0.717) is 13.2 Å². The average molecular weight is 264 g/mol. The highest BCUT2D eigenvalue weighted by Gasteiger charge is 2.14. The van der Waals surface area contributed by atoms with Gasteiger partial charge in [-0.05, 0) is 24.5 Å². The van der Waals surface area contributed by atoms with E-state index in [9.17, 15) is 4.79 Å². The van der Waals surface area contributed by atoms with Crippen LogP contribution in [0.4, 0.5) is 5.69 Å². The number of ether oxygens (including phenoxy) is 1. The first-order chi connectivity index (χ1) is 9.19. The summed E-state index contributed by atoms with van der Waals surface area (Å²) < 4.78 is 5.32. The minimum atomic E-state index is 0.0264. The van der Waals surface area contributed by atoms with Gasteiger partial charge in [0.15, 0.2) is 0 Å². The number of rotatable bonds is 8. The Balaban J connectivity index is 2.61. The topological polar surface area (TPSA) is 55.6 Å². The second kappa shape index (κ2) is 8.53. The third-order valence-electron chi connectivity index (χ3n) is 2.84. The van der Waals surface area contributed by atoms with Gasteiger partial charge in [-0.2, -0.15) is 0 Å². The van der Waals surface area contributed by atoms with Crippen LogP contribution in [0.15, 0.2) is 24.3 Å². The van der Waals surface area contributed by atoms with E-state index in [1.807, 2.05) is 31.2 Å². The van der Waals surface area contributed by atoms with Gasteiger partial charge in [-0.25, -0.2) is 0 Å². The first kappa shape index (κ1) is 15.5. The fourth-order valence-electron chi connectivity index (χ4n) is 1.84. The molecule has 4 nitrogen and oxygen atoms in total. The molecule has 0 spiro atoms. The Hall–Kier alpha value is -1.55. The molecular weight excluding hydrogens is 240 g/mol. The molecule has 4 heteroatoms. The molecular formula is C15H24N2O2. The monoisotopic (exact) mass is 264 g/mol. The second-order valence-electron chi connectivity index (χ2n) is 4.57. The van der Waals surface area contributed by atoms with Crippen LogP contribution in [0, 0.1) is 0 Å². The number of amides is 1. The summed E-state index contributed by atoms with van der Waals surface area (Å²) in [5.74, 6) is 0.0264. The van der Waals surface area contributed by atoms with Crippen LogP contribution in [-0.2, 0) is 16.1 Å². The number of carbonyl (C=O) groups excluding carboxylic acids is 1. The first-order valence-electron chi connectivity index (χ1n) is 6.87. The number of nitrogens with zero attached hydrogens (tertiary/aromatic N) is 1. The van der Waals surface area contributed by atoms with Crippen LogP contribution >= 0.6 is 0 Å². The Morgan fingerprint density at radius 3 is 2.63 bits per heavy atom. The van der Waals surface area contributed by atoms with Gasteiger partial charge in [0, 0.05) is 25.4 Å². The van der Waals surface area contributed by atoms with Crippen molar-refractivity contribution in [2.45, 2.75) is 33.2 Å². The maximum absolute atomic E-state index is 12.1. The quantitative estimate of drug-likeness (QED) is 0.579. The molecule has 0 saturated heterocycles. The van der Waals surface area contributed by atoms with E-state index in [-0.39, 0.29) is 12.5 Å². The van der Waals surface area contributed by atoms with Crippen molar-refractivity contribution in [3.05, 3.63) is 29.8 Å². The van der Waals surface area contributed by atoms with Gasteiger partial charge in [0.05, 0.1) is 0 Å². The van der Waals surface area contributed by atoms with Crippen molar-refractivity contribution in [1.82, 2.24) is 4.90 Å². The highest BCUT2D eigenvalue weighted by molar-refractivity contribution is 5.77. The Morgan fingerprint density at radius 2 is 2.00 bits per heavy atom. The molecule has 2 N–H and O–H groups in total. The SMILES string of the molecule is CCCOCC(=O)N(CCC)Cc1ccccc1N. The molecule has 1 amide bonds. The summed E-state index contributed by atoms with van der Waals surface area (Å²) in [6, 6.07) is 7.65. The number of para-hydroxylation sites is 1. The van der Waals surface area contributed by atoms with E-state index < -0.39 is 0 Å². The van der Waals surface area contributed by atoms with Crippen molar-refractivity contribution in [2.24, 2.45) is 0 Å². The maximum Gasteiger partial charge on any atom is 0.248 e. The Morgan fingerprint density at radius 1 is 1.26 bits per heavy atom. The van der Waals surface area contributed by atoms with Crippen LogP contribution in [0.2, 0.25) is 0 Å². The summed E-state index contributed by atoms with van der Waals surface area (Å²) in [5, 5.41) is 0. The van der Waals surface area contributed by atoms with E-state index >= 15 is 0 Å². The second-order valence-corrected chi connectivity index (χ2v) is 4.57. The number of anilines is 1. The lowest BCUT2D eigenvalue weighted by Crippen LogP contribution is -2.34. The van der Waals surface area contributed by atoms with Gasteiger partial charge in [-0.3, -0.25) is 4.79 Å². The molecule has 106 valence electrons. The van der Waals surface area contributed by atoms with Crippen molar-refractivity contribution in [3.8, 4) is 0 Å². The van der Waals surface area contributed by atoms with Gasteiger partial charge in [0.25, 0.3) is 0 Å². The molecule has 0 saturated carbocycles. The predicted octanol–water partition coefficient (Wildman–Crippen LogP) is 2.43. The molecule has 0 atom stereocenters. The fraction of sp³-hybridized carbons (Fsp3) is 0.533. The number of hydrogen-bond acceptors (Lipinski definition) is 3. The highest BCUT2D eigenvalue weighted by Crippen LogP contribution is 2.13. The smallest absolute Gasteiger partial charge is 0.248 e. The molecule has 0 bridgehead atoms. The largest absolute Gasteiger partial charge is 0.398 e. The summed E-state index contributed by atoms with van der Waals surface area (Å²) in [6.45, 7) is 6.14. The summed E-state index contributed by atoms with van der Waals surface area (Å²) >= 11 is 0. The fourth-order valence-corrected chi connectivity index (χ4v) is 1.84. The average Bonchev–Trinajstić information content (AvgIpc) is 2.41. The van der Waals surface area contributed by atoms with Crippen LogP contribution in [0.1, 0.15) is 32.3 Å². The number of hydrogen-bond donors (Lipinski definition) is 1. The molecule has 1 rings (SSSR count). The predicted molar refractivity (Wildman–Crippen MR) is 77.7 cm³/mol. The van der Waals surface area contributed by atoms with E-state index in [1.165, 1.54) is 0 Å². The van der Waals surface area contributed by atoms with Crippen molar-refractivity contribution in [1.29, 1.82) is 0 Å². The van der Waals surface area contributed by atoms with Gasteiger partial charge in [-0.15, -0.1) is 0 Å². The molecule has 1 aromatic carbocycles. The standard InChI is InChI=1S/C15H24N2O2/c1-3-9-17(15(18)12-19-10-4-2)11-13-7-5-6-8-14(13)16/h5-8H,3-4,9-12,16H2,1-2H3. The molecule has 0 fully saturated rings. The zero-order chi connectivity index (χ0) is 14.1. The number of nitrogens with two attached hydrogens (primary N) is 1. The van der Waals surface area contributed by atoms with Crippen LogP contribution < -0.4 is 5.73 Å². The highest BCUT2D eigenvalue weighted by atomic mass is 16.5. The van der Waals surface area contributed by atoms with Crippen LogP contribution in [0.3, 0.4) is 0 Å². The lowest BCUT2D eigenvalue weighted by molar-refractivity contribution is -0.136. The number of nitrogen functional groups attached to an aromatic ring is 1. The van der Waals surface area contributed by atoms with Gasteiger partial charge >= 0.3 is 0 Å². The lowest BCUT2D eigenvalue weighted by atomic mass is 10.1. The molecule has 0 aliphatic rings. The molecule has 0 unspecified atom stereocenters. The zero-order valence-electron chi connectivity index (χ0n) is 11.9. The Kier molecular flexibility index (Phi) is 6.97. The van der Waals surface area contributed by atoms with Crippen LogP contribution in [0.25, 0.3) is 0 Å². The van der Waals surface area contributed by atoms with Crippen molar-refractivity contribution < 1.29 is 9.53 Å². The van der Waals surface area contributed by atoms with E-state index in [0.717, 1.165) is 30.6 Å². The van der Waals surface area contributed by atoms with Crippen molar-refractivity contribution in [3.63, 3.8) is 0 Å². The molecule has 0 heterocycles. The van der Waals surface area contributed by atoms with Gasteiger partial charge in [0.1, 0.15) is 6.61 Å². The first-order valence-corrected chi connectivity index (χ1v) is 6.87. The van der Waals surface area contributed by atoms with Gasteiger partial charge < -0.3 is 15.4 Å². The van der Waals surface area contributed by atoms with E-state index in [2.05, 4.69) is 6.92 Å². The summed E-state index contributed by atoms with van der Waals surface area (Å²) in [7, 11) is 0. The molecule has 0 aromatic heterocycles. The van der Waals surface area contributed by atoms with Gasteiger partial charge in [-0.1, -0.05) is 32.0 Å². The lowest BCUT2D eigenvalue weighted by Gasteiger charge is -2.23. The number of benzene rings is 1. The maximum atomic E-state index is 12.1. The van der Waals surface area contributed by atoms with Crippen molar-refractivity contribution in [2.75, 3.05) is 25.5 Å². The Bertz CT molecular complexity index is 393. The minimum Gasteiger partial charge on any atom is -0.398 e. The minimum absolute atomic E-state index is 0.0264. The van der Waals surface area contributed by atoms with Crippen LogP contribution in [-0.4, -0.2) is 30.6 Å². The third kappa shape index (κ3) is 5.30. The molecule has 1 aromatic rings. The molecule has 0 aliphatic heterocycles. The van der Waals surface area contributed by atoms with Crippen LogP contribution in [0.5, 0.6) is 0 Å². The summed E-state index contributed by atoms with van der Waals surface area (Å²) in [4.78, 5) is 13.9. The molecule has 0 aliphatic carbocycles. The normalized spacial score (nSPS) is 10.4. The van der Waals surface area contributed by atoms with Gasteiger partial charge in [0.2, 0.25) is 5.91 Å². The zero-order valence-corrected chi connectivity index (χ0v) is 11.9. The number of carbonyl (C=O) groups is 1. The summed E-state index contributed by atoms with van der Waals surface area (Å²) in [5.41, 5.74) is 7.63. The molecule has 0 radical (unpaired) electrons. The summed E-state index contributed by atoms with van der Waals surface area (Å²) in [6.07, 6.45) is 1.85. The van der Waals surface area contributed by atoms with Crippen molar-refractivity contribution >= 4 is 11.6 Å². The van der Waals surface area contributed by atoms with E-state index in [1.54, 1.807) is 4.90 Å². The third-order valence-corrected chi connectivity index (χ3v) is 2.84. The molecule has 19 heavy (non-hydrogen) atoms.